The Balaban J connectivity index is 0.00000234. The molecule has 0 bridgehead atoms. The van der Waals surface area contributed by atoms with Crippen molar-refractivity contribution in [2.45, 2.75) is 67.4 Å². The molecule has 10 nitrogen and oxygen atoms in total. The Morgan fingerprint density at radius 1 is 0.961 bits per heavy atom. The summed E-state index contributed by atoms with van der Waals surface area (Å²) in [4.78, 5) is 45.4. The topological polar surface area (TPSA) is 128 Å². The molecule has 0 spiro atoms. The van der Waals surface area contributed by atoms with Gasteiger partial charge in [-0.15, -0.1) is 37.2 Å². The number of amides is 2. The highest BCUT2D eigenvalue weighted by molar-refractivity contribution is 7.99. The fourth-order valence-corrected chi connectivity index (χ4v) is 6.99. The largest absolute Gasteiger partial charge is 0.453 e. The zero-order valence-corrected chi connectivity index (χ0v) is 31.8. The average Bonchev–Trinajstić information content (AvgIpc) is 3.93. The van der Waals surface area contributed by atoms with E-state index < -0.39 is 12.1 Å². The SMILES string of the molecule is COC(=O)N[C@H](C(=O)N1CCC[C@H]1c1ncc(-c2ccc(C#CC#Cc3cnc([C@@H]4CCCN4)[nH]3)c(Sc3ccccc3)c2)[nH]1)C(C)C.Cl.Cl.Cl. The van der Waals surface area contributed by atoms with Gasteiger partial charge in [0, 0.05) is 27.5 Å². The number of benzene rings is 2. The number of halogens is 3. The van der Waals surface area contributed by atoms with E-state index in [1.54, 1.807) is 18.0 Å². The molecule has 2 fully saturated rings. The van der Waals surface area contributed by atoms with Crippen LogP contribution < -0.4 is 10.6 Å². The number of carbonyl (C=O) groups excluding carboxylic acids is 2. The molecule has 3 atom stereocenters. The molecule has 0 saturated carbocycles. The fraction of sp³-hybridized carbons (Fsp3) is 0.351. The molecular formula is C37H42Cl3N7O3S. The van der Waals surface area contributed by atoms with Gasteiger partial charge >= 0.3 is 6.09 Å². The number of hydrogen-bond donors (Lipinski definition) is 4. The van der Waals surface area contributed by atoms with Gasteiger partial charge in [0.2, 0.25) is 5.91 Å². The lowest BCUT2D eigenvalue weighted by Gasteiger charge is -2.30. The normalized spacial score (nSPS) is 16.7. The van der Waals surface area contributed by atoms with E-state index >= 15 is 0 Å². The first-order valence-corrected chi connectivity index (χ1v) is 17.1. The molecule has 14 heteroatoms. The second-order valence-electron chi connectivity index (χ2n) is 12.2. The molecule has 2 aromatic carbocycles. The summed E-state index contributed by atoms with van der Waals surface area (Å²) in [5, 5.41) is 6.15. The number of nitrogens with one attached hydrogen (secondary N) is 4. The number of nitrogens with zero attached hydrogens (tertiary/aromatic N) is 3. The summed E-state index contributed by atoms with van der Waals surface area (Å²) in [5.41, 5.74) is 3.42. The maximum Gasteiger partial charge on any atom is 0.407 e. The summed E-state index contributed by atoms with van der Waals surface area (Å²) in [5.74, 6) is 13.7. The molecule has 0 aliphatic carbocycles. The van der Waals surface area contributed by atoms with Gasteiger partial charge in [-0.2, -0.15) is 0 Å². The summed E-state index contributed by atoms with van der Waals surface area (Å²) in [6, 6.07) is 15.7. The van der Waals surface area contributed by atoms with Crippen LogP contribution in [-0.2, 0) is 9.53 Å². The van der Waals surface area contributed by atoms with Gasteiger partial charge in [0.1, 0.15) is 23.4 Å². The highest BCUT2D eigenvalue weighted by Gasteiger charge is 2.37. The zero-order valence-electron chi connectivity index (χ0n) is 28.5. The van der Waals surface area contributed by atoms with Crippen LogP contribution in [0.3, 0.4) is 0 Å². The van der Waals surface area contributed by atoms with E-state index in [1.807, 2.05) is 55.3 Å². The number of hydrogen-bond acceptors (Lipinski definition) is 7. The smallest absolute Gasteiger partial charge is 0.407 e. The van der Waals surface area contributed by atoms with Crippen LogP contribution in [0.4, 0.5) is 4.79 Å². The second kappa shape index (κ2) is 19.5. The van der Waals surface area contributed by atoms with Crippen molar-refractivity contribution in [3.8, 4) is 34.9 Å². The minimum absolute atomic E-state index is 0. The third kappa shape index (κ3) is 10.2. The number of aromatic amines is 2. The van der Waals surface area contributed by atoms with Gasteiger partial charge in [-0.25, -0.2) is 14.8 Å². The van der Waals surface area contributed by atoms with Crippen LogP contribution in [0.2, 0.25) is 0 Å². The predicted octanol–water partition coefficient (Wildman–Crippen LogP) is 7.09. The number of alkyl carbamates (subject to hydrolysis) is 1. The van der Waals surface area contributed by atoms with Crippen LogP contribution in [0.5, 0.6) is 0 Å². The summed E-state index contributed by atoms with van der Waals surface area (Å²) < 4.78 is 4.76. The molecule has 2 amide bonds. The van der Waals surface area contributed by atoms with Gasteiger partial charge in [0.25, 0.3) is 0 Å². The van der Waals surface area contributed by atoms with E-state index in [-0.39, 0.29) is 61.1 Å². The van der Waals surface area contributed by atoms with E-state index in [0.29, 0.717) is 6.54 Å². The number of likely N-dealkylation sites (tertiary alicyclic amines) is 1. The molecule has 0 radical (unpaired) electrons. The maximum absolute atomic E-state index is 13.6. The summed E-state index contributed by atoms with van der Waals surface area (Å²) in [6.07, 6.45) is 6.81. The van der Waals surface area contributed by atoms with Crippen molar-refractivity contribution in [3.63, 3.8) is 0 Å². The van der Waals surface area contributed by atoms with Gasteiger partial charge in [-0.05, 0) is 80.2 Å². The molecule has 4 aromatic rings. The molecule has 2 aromatic heterocycles. The van der Waals surface area contributed by atoms with Crippen LogP contribution in [0.1, 0.15) is 74.5 Å². The number of rotatable bonds is 8. The Morgan fingerprint density at radius 2 is 1.73 bits per heavy atom. The highest BCUT2D eigenvalue weighted by Crippen LogP contribution is 2.35. The molecule has 270 valence electrons. The molecule has 51 heavy (non-hydrogen) atoms. The average molecular weight is 771 g/mol. The number of aromatic nitrogens is 4. The van der Waals surface area contributed by atoms with E-state index in [1.165, 1.54) is 7.11 Å². The van der Waals surface area contributed by atoms with Crippen molar-refractivity contribution in [3.05, 3.63) is 83.8 Å². The molecule has 2 aliphatic rings. The molecule has 2 saturated heterocycles. The van der Waals surface area contributed by atoms with E-state index in [4.69, 9.17) is 9.72 Å². The van der Waals surface area contributed by atoms with Crippen LogP contribution in [0, 0.1) is 29.6 Å². The van der Waals surface area contributed by atoms with Crippen molar-refractivity contribution in [2.75, 3.05) is 20.2 Å². The van der Waals surface area contributed by atoms with Crippen molar-refractivity contribution in [1.29, 1.82) is 0 Å². The predicted molar refractivity (Wildman–Crippen MR) is 207 cm³/mol. The van der Waals surface area contributed by atoms with Crippen molar-refractivity contribution in [2.24, 2.45) is 5.92 Å². The standard InChI is InChI=1S/C37H39N7O3S.3ClH/c1-24(2)33(43-37(46)47-3)36(45)44-20-10-16-31(44)35-40-23-30(42-35)26-18-17-25(32(21-26)48-28-13-5-4-6-14-28)11-7-8-12-27-22-39-34(41-27)29-15-9-19-38-29;;;/h4-6,13-14,17-18,21-24,29,31,33,38H,9-10,15-16,19-20H2,1-3H3,(H,39,41)(H,40,42)(H,43,46);3*1H/t29-,31-,33-;;;/m0.../s1. The van der Waals surface area contributed by atoms with Gasteiger partial charge in [0.15, 0.2) is 0 Å². The summed E-state index contributed by atoms with van der Waals surface area (Å²) in [7, 11) is 1.30. The number of imidazole rings is 2. The monoisotopic (exact) mass is 769 g/mol. The van der Waals surface area contributed by atoms with Gasteiger partial charge < -0.3 is 30.2 Å². The lowest BCUT2D eigenvalue weighted by molar-refractivity contribution is -0.135. The number of H-pyrrole nitrogens is 2. The third-order valence-corrected chi connectivity index (χ3v) is 9.61. The van der Waals surface area contributed by atoms with E-state index in [0.717, 1.165) is 76.2 Å². The Labute approximate surface area is 321 Å². The second-order valence-corrected chi connectivity index (χ2v) is 13.3. The lowest BCUT2D eigenvalue weighted by Crippen LogP contribution is -2.51. The maximum atomic E-state index is 13.6. The van der Waals surface area contributed by atoms with Crippen LogP contribution in [-0.4, -0.2) is 63.1 Å². The Morgan fingerprint density at radius 3 is 2.45 bits per heavy atom. The first kappa shape index (κ1) is 41.3. The summed E-state index contributed by atoms with van der Waals surface area (Å²) >= 11 is 1.64. The zero-order chi connectivity index (χ0) is 33.5. The van der Waals surface area contributed by atoms with E-state index in [9.17, 15) is 9.59 Å². The first-order chi connectivity index (χ1) is 23.4. The van der Waals surface area contributed by atoms with Crippen molar-refractivity contribution < 1.29 is 14.3 Å². The lowest BCUT2D eigenvalue weighted by atomic mass is 10.0. The van der Waals surface area contributed by atoms with Gasteiger partial charge in [0.05, 0.1) is 37.3 Å². The molecular weight excluding hydrogens is 729 g/mol. The van der Waals surface area contributed by atoms with Gasteiger partial charge in [-0.3, -0.25) is 4.79 Å². The quantitative estimate of drug-likeness (QED) is 0.141. The highest BCUT2D eigenvalue weighted by atomic mass is 35.5. The minimum atomic E-state index is -0.686. The first-order valence-electron chi connectivity index (χ1n) is 16.3. The number of carbonyl (C=O) groups is 2. The van der Waals surface area contributed by atoms with E-state index in [2.05, 4.69) is 67.5 Å². The molecule has 4 heterocycles. The van der Waals surface area contributed by atoms with Crippen molar-refractivity contribution in [1.82, 2.24) is 35.5 Å². The molecule has 2 aliphatic heterocycles. The minimum Gasteiger partial charge on any atom is -0.453 e. The van der Waals surface area contributed by atoms with Crippen LogP contribution in [0.25, 0.3) is 11.3 Å². The Hall–Kier alpha value is -4.10. The van der Waals surface area contributed by atoms with Crippen molar-refractivity contribution >= 4 is 61.0 Å². The molecule has 4 N–H and O–H groups in total. The van der Waals surface area contributed by atoms with Gasteiger partial charge in [-0.1, -0.05) is 55.8 Å². The summed E-state index contributed by atoms with van der Waals surface area (Å²) in [6.45, 7) is 5.42. The number of ether oxygens (including phenoxy) is 1. The molecule has 0 unspecified atom stereocenters. The Kier molecular flexibility index (Phi) is 15.8. The fourth-order valence-electron chi connectivity index (χ4n) is 6.03. The number of methoxy groups -OCH3 is 1. The Bertz CT molecular complexity index is 1890. The van der Waals surface area contributed by atoms with Crippen LogP contribution in [0.15, 0.2) is 70.7 Å². The van der Waals surface area contributed by atoms with Crippen LogP contribution >= 0.6 is 49.0 Å². The molecule has 6 rings (SSSR count). The third-order valence-electron chi connectivity index (χ3n) is 8.54.